The summed E-state index contributed by atoms with van der Waals surface area (Å²) >= 11 is 0. The predicted octanol–water partition coefficient (Wildman–Crippen LogP) is 3.28. The smallest absolute Gasteiger partial charge is 0.257 e. The van der Waals surface area contributed by atoms with E-state index in [4.69, 9.17) is 0 Å². The lowest BCUT2D eigenvalue weighted by atomic mass is 9.92. The third-order valence-corrected chi connectivity index (χ3v) is 6.90. The fourth-order valence-electron chi connectivity index (χ4n) is 3.63. The average molecular weight is 464 g/mol. The predicted molar refractivity (Wildman–Crippen MR) is 109 cm³/mol. The summed E-state index contributed by atoms with van der Waals surface area (Å²) in [6.07, 6.45) is 3.21. The molecule has 1 aliphatic carbocycles. The highest BCUT2D eigenvalue weighted by molar-refractivity contribution is 7.89. The van der Waals surface area contributed by atoms with Crippen LogP contribution in [-0.2, 0) is 10.0 Å². The number of aromatic nitrogens is 4. The normalized spacial score (nSPS) is 15.6. The maximum absolute atomic E-state index is 12.8. The Kier molecular flexibility index (Phi) is 5.87. The number of rotatable bonds is 7. The van der Waals surface area contributed by atoms with Gasteiger partial charge in [0.05, 0.1) is 17.9 Å². The van der Waals surface area contributed by atoms with E-state index in [0.717, 1.165) is 42.7 Å². The van der Waals surface area contributed by atoms with Crippen LogP contribution in [0.15, 0.2) is 29.6 Å². The van der Waals surface area contributed by atoms with Crippen molar-refractivity contribution in [2.45, 2.75) is 49.6 Å². The van der Waals surface area contributed by atoms with E-state index in [-0.39, 0.29) is 17.4 Å². The second-order valence-electron chi connectivity index (χ2n) is 7.63. The van der Waals surface area contributed by atoms with E-state index in [1.54, 1.807) is 10.9 Å². The van der Waals surface area contributed by atoms with Crippen molar-refractivity contribution in [2.24, 2.45) is 0 Å². The van der Waals surface area contributed by atoms with Gasteiger partial charge in [0.1, 0.15) is 40.5 Å². The highest BCUT2D eigenvalue weighted by Crippen LogP contribution is 2.41. The van der Waals surface area contributed by atoms with Crippen molar-refractivity contribution in [3.8, 4) is 17.6 Å². The number of halogens is 3. The second kappa shape index (κ2) is 8.48. The molecule has 0 bridgehead atoms. The van der Waals surface area contributed by atoms with Gasteiger partial charge in [0.15, 0.2) is 5.82 Å². The van der Waals surface area contributed by atoms with Crippen molar-refractivity contribution in [3.63, 3.8) is 0 Å². The van der Waals surface area contributed by atoms with Crippen LogP contribution in [0, 0.1) is 18.3 Å². The van der Waals surface area contributed by atoms with Crippen LogP contribution in [-0.4, -0.2) is 47.1 Å². The Labute approximate surface area is 182 Å². The maximum Gasteiger partial charge on any atom is 0.257 e. The summed E-state index contributed by atoms with van der Waals surface area (Å²) in [5.41, 5.74) is 2.89. The third kappa shape index (κ3) is 3.82. The Bertz CT molecular complexity index is 1300. The number of nitriles is 1. The first-order chi connectivity index (χ1) is 15.3. The number of hydrogen-bond acceptors (Lipinski definition) is 6. The van der Waals surface area contributed by atoms with E-state index < -0.39 is 34.1 Å². The van der Waals surface area contributed by atoms with Gasteiger partial charge in [-0.25, -0.2) is 31.6 Å². The second-order valence-corrected chi connectivity index (χ2v) is 9.34. The molecule has 4 rings (SSSR count). The van der Waals surface area contributed by atoms with Gasteiger partial charge >= 0.3 is 0 Å². The summed E-state index contributed by atoms with van der Waals surface area (Å²) in [4.78, 5) is 12.1. The summed E-state index contributed by atoms with van der Waals surface area (Å²) in [5, 5.41) is 9.82. The van der Waals surface area contributed by atoms with E-state index in [2.05, 4.69) is 21.0 Å². The van der Waals surface area contributed by atoms with Crippen LogP contribution in [0.5, 0.6) is 0 Å². The Morgan fingerprint density at radius 3 is 2.47 bits per heavy atom. The molecule has 3 aromatic heterocycles. The highest BCUT2D eigenvalue weighted by atomic mass is 32.2. The molecule has 0 radical (unpaired) electrons. The summed E-state index contributed by atoms with van der Waals surface area (Å²) < 4.78 is 66.5. The summed E-state index contributed by atoms with van der Waals surface area (Å²) in [6, 6.07) is 2.04. The Morgan fingerprint density at radius 1 is 1.25 bits per heavy atom. The zero-order valence-electron chi connectivity index (χ0n) is 17.0. The van der Waals surface area contributed by atoms with Crippen LogP contribution in [0.2, 0.25) is 0 Å². The molecule has 1 fully saturated rings. The zero-order valence-corrected chi connectivity index (χ0v) is 17.8. The molecule has 0 aromatic carbocycles. The minimum absolute atomic E-state index is 0.110. The molecule has 0 saturated heterocycles. The van der Waals surface area contributed by atoms with Crippen molar-refractivity contribution in [1.29, 1.82) is 5.26 Å². The van der Waals surface area contributed by atoms with Gasteiger partial charge in [-0.15, -0.1) is 0 Å². The topological polar surface area (TPSA) is 114 Å². The highest BCUT2D eigenvalue weighted by Gasteiger charge is 2.31. The number of nitrogens with one attached hydrogen (secondary N) is 1. The fraction of sp³-hybridized carbons (Fsp3) is 0.400. The van der Waals surface area contributed by atoms with E-state index in [1.165, 1.54) is 0 Å². The van der Waals surface area contributed by atoms with E-state index in [0.29, 0.717) is 11.2 Å². The zero-order chi connectivity index (χ0) is 23.0. The van der Waals surface area contributed by atoms with Crippen LogP contribution < -0.4 is 4.72 Å². The summed E-state index contributed by atoms with van der Waals surface area (Å²) in [7, 11) is -4.46. The SMILES string of the molecule is Cc1cnc2c(C#N)c(-c3ncc(S(=O)(=O)N[C@@H](CF)C(F)F)cn3)n(C3CCC3)c2c1. The van der Waals surface area contributed by atoms with Crippen LogP contribution >= 0.6 is 0 Å². The first-order valence-corrected chi connectivity index (χ1v) is 11.3. The number of sulfonamides is 1. The molecule has 0 unspecified atom stereocenters. The molecule has 3 aromatic rings. The van der Waals surface area contributed by atoms with Crippen molar-refractivity contribution in [1.82, 2.24) is 24.2 Å². The first kappa shape index (κ1) is 22.2. The van der Waals surface area contributed by atoms with E-state index in [9.17, 15) is 26.9 Å². The fourth-order valence-corrected chi connectivity index (χ4v) is 4.71. The number of alkyl halides is 3. The van der Waals surface area contributed by atoms with Gasteiger partial charge in [-0.2, -0.15) is 9.98 Å². The average Bonchev–Trinajstić information content (AvgIpc) is 3.04. The van der Waals surface area contributed by atoms with Crippen molar-refractivity contribution in [2.75, 3.05) is 6.67 Å². The molecule has 3 heterocycles. The van der Waals surface area contributed by atoms with E-state index in [1.807, 2.05) is 17.6 Å². The lowest BCUT2D eigenvalue weighted by Crippen LogP contribution is -2.41. The molecule has 32 heavy (non-hydrogen) atoms. The van der Waals surface area contributed by atoms with Crippen molar-refractivity contribution in [3.05, 3.63) is 35.8 Å². The number of fused-ring (bicyclic) bond motifs is 1. The van der Waals surface area contributed by atoms with Gasteiger partial charge in [-0.1, -0.05) is 0 Å². The number of hydrogen-bond donors (Lipinski definition) is 1. The quantitative estimate of drug-likeness (QED) is 0.574. The van der Waals surface area contributed by atoms with Gasteiger partial charge in [-0.05, 0) is 37.8 Å². The van der Waals surface area contributed by atoms with Crippen LogP contribution in [0.4, 0.5) is 13.2 Å². The molecule has 0 spiro atoms. The van der Waals surface area contributed by atoms with Crippen molar-refractivity contribution < 1.29 is 21.6 Å². The molecule has 0 aliphatic heterocycles. The molecule has 8 nitrogen and oxygen atoms in total. The lowest BCUT2D eigenvalue weighted by molar-refractivity contribution is 0.0958. The molecule has 1 saturated carbocycles. The summed E-state index contributed by atoms with van der Waals surface area (Å²) in [6.45, 7) is 0.332. The molecular formula is C20H19F3N6O2S. The minimum atomic E-state index is -4.46. The molecule has 1 N–H and O–H groups in total. The molecule has 12 heteroatoms. The standard InChI is InChI=1S/C20H19F3N6O2S/c1-11-5-16-17(25-8-11)14(7-24)18(29(16)12-3-2-4-12)20-26-9-13(10-27-20)32(30,31)28-15(6-21)19(22)23/h5,8-10,12,15,19,28H,2-4,6H2,1H3/t15-/m0/s1. The van der Waals surface area contributed by atoms with Gasteiger partial charge in [0.2, 0.25) is 10.0 Å². The molecule has 168 valence electrons. The van der Waals surface area contributed by atoms with Gasteiger partial charge in [-0.3, -0.25) is 4.98 Å². The Morgan fingerprint density at radius 2 is 1.94 bits per heavy atom. The van der Waals surface area contributed by atoms with Gasteiger partial charge in [0, 0.05) is 12.2 Å². The summed E-state index contributed by atoms with van der Waals surface area (Å²) in [5.74, 6) is 0.110. The van der Waals surface area contributed by atoms with Gasteiger partial charge < -0.3 is 4.57 Å². The monoisotopic (exact) mass is 464 g/mol. The molecule has 0 amide bonds. The van der Waals surface area contributed by atoms with Crippen LogP contribution in [0.1, 0.15) is 36.4 Å². The minimum Gasteiger partial charge on any atom is -0.332 e. The number of nitrogens with zero attached hydrogens (tertiary/aromatic N) is 5. The maximum atomic E-state index is 12.8. The Balaban J connectivity index is 1.80. The lowest BCUT2D eigenvalue weighted by Gasteiger charge is -2.29. The molecule has 1 atom stereocenters. The first-order valence-electron chi connectivity index (χ1n) is 9.86. The molecule has 1 aliphatic rings. The van der Waals surface area contributed by atoms with E-state index >= 15 is 0 Å². The molecular weight excluding hydrogens is 445 g/mol. The third-order valence-electron chi connectivity index (χ3n) is 5.46. The van der Waals surface area contributed by atoms with Crippen molar-refractivity contribution >= 4 is 21.1 Å². The van der Waals surface area contributed by atoms with Gasteiger partial charge in [0.25, 0.3) is 6.43 Å². The number of aryl methyl sites for hydroxylation is 1. The largest absolute Gasteiger partial charge is 0.332 e. The number of pyridine rings is 1. The van der Waals surface area contributed by atoms with Crippen LogP contribution in [0.25, 0.3) is 22.6 Å². The Hall–Kier alpha value is -3.04. The van der Waals surface area contributed by atoms with Crippen LogP contribution in [0.3, 0.4) is 0 Å².